The Morgan fingerprint density at radius 3 is 2.74 bits per heavy atom. The minimum absolute atomic E-state index is 0.551. The number of benzene rings is 1. The number of rotatable bonds is 6. The third-order valence-corrected chi connectivity index (χ3v) is 5.67. The van der Waals surface area contributed by atoms with E-state index in [0.717, 1.165) is 44.3 Å². The highest BCUT2D eigenvalue weighted by molar-refractivity contribution is 5.83. The van der Waals surface area contributed by atoms with E-state index in [1.807, 2.05) is 18.3 Å². The Morgan fingerprint density at radius 2 is 1.93 bits per heavy atom. The van der Waals surface area contributed by atoms with Gasteiger partial charge in [0.15, 0.2) is 11.6 Å². The van der Waals surface area contributed by atoms with Gasteiger partial charge in [0.25, 0.3) is 0 Å². The first-order chi connectivity index (χ1) is 13.3. The summed E-state index contributed by atoms with van der Waals surface area (Å²) in [5, 5.41) is 1.36. The molecule has 1 aliphatic rings. The first-order valence-electron chi connectivity index (χ1n) is 9.78. The summed E-state index contributed by atoms with van der Waals surface area (Å²) >= 11 is 0. The fraction of sp³-hybridized carbons (Fsp3) is 0.409. The van der Waals surface area contributed by atoms with E-state index in [-0.39, 0.29) is 0 Å². The van der Waals surface area contributed by atoms with Crippen LogP contribution in [0.2, 0.25) is 0 Å². The zero-order valence-corrected chi connectivity index (χ0v) is 16.2. The molecule has 1 atom stereocenters. The molecule has 1 N–H and O–H groups in total. The molecule has 3 heterocycles. The van der Waals surface area contributed by atoms with Crippen LogP contribution in [0.5, 0.6) is 5.75 Å². The van der Waals surface area contributed by atoms with E-state index < -0.39 is 0 Å². The molecule has 0 amide bonds. The molecule has 4 rings (SSSR count). The predicted molar refractivity (Wildman–Crippen MR) is 111 cm³/mol. The van der Waals surface area contributed by atoms with E-state index >= 15 is 0 Å². The quantitative estimate of drug-likeness (QED) is 0.721. The van der Waals surface area contributed by atoms with Crippen LogP contribution in [-0.4, -0.2) is 54.7 Å². The van der Waals surface area contributed by atoms with Crippen molar-refractivity contribution < 1.29 is 4.74 Å². The van der Waals surface area contributed by atoms with Crippen molar-refractivity contribution in [3.8, 4) is 5.75 Å². The molecule has 5 heteroatoms. The van der Waals surface area contributed by atoms with Gasteiger partial charge in [0.2, 0.25) is 0 Å². The van der Waals surface area contributed by atoms with Crippen LogP contribution in [0.25, 0.3) is 10.9 Å². The number of para-hydroxylation sites is 1. The molecule has 0 bridgehead atoms. The molecule has 1 saturated heterocycles. The molecule has 0 radical (unpaired) electrons. The number of ether oxygens (including phenoxy) is 1. The molecular weight excluding hydrogens is 336 g/mol. The van der Waals surface area contributed by atoms with Gasteiger partial charge in [-0.3, -0.25) is 4.90 Å². The van der Waals surface area contributed by atoms with Crippen molar-refractivity contribution in [2.75, 3.05) is 44.7 Å². The van der Waals surface area contributed by atoms with Crippen molar-refractivity contribution in [1.29, 1.82) is 0 Å². The molecule has 2 aromatic heterocycles. The van der Waals surface area contributed by atoms with Gasteiger partial charge < -0.3 is 14.6 Å². The van der Waals surface area contributed by atoms with Gasteiger partial charge in [-0.25, -0.2) is 4.98 Å². The molecule has 3 aromatic rings. The smallest absolute Gasteiger partial charge is 0.171 e. The number of methoxy groups -OCH3 is 1. The molecule has 1 fully saturated rings. The van der Waals surface area contributed by atoms with Crippen LogP contribution in [0.15, 0.2) is 48.8 Å². The Kier molecular flexibility index (Phi) is 5.30. The van der Waals surface area contributed by atoms with Crippen molar-refractivity contribution in [3.05, 3.63) is 54.4 Å². The average molecular weight is 364 g/mol. The van der Waals surface area contributed by atoms with Crippen LogP contribution in [0, 0.1) is 0 Å². The number of nitrogens with one attached hydrogen (secondary N) is 1. The minimum Gasteiger partial charge on any atom is -0.493 e. The molecule has 1 aromatic carbocycles. The van der Waals surface area contributed by atoms with Gasteiger partial charge >= 0.3 is 0 Å². The van der Waals surface area contributed by atoms with Gasteiger partial charge in [-0.15, -0.1) is 0 Å². The zero-order valence-electron chi connectivity index (χ0n) is 16.2. The molecule has 0 saturated carbocycles. The third-order valence-electron chi connectivity index (χ3n) is 5.67. The highest BCUT2D eigenvalue weighted by atomic mass is 16.5. The van der Waals surface area contributed by atoms with Gasteiger partial charge in [-0.1, -0.05) is 25.1 Å². The summed E-state index contributed by atoms with van der Waals surface area (Å²) < 4.78 is 5.46. The normalized spacial score (nSPS) is 16.6. The maximum absolute atomic E-state index is 5.46. The second-order valence-electron chi connectivity index (χ2n) is 7.34. The molecule has 1 aliphatic heterocycles. The first-order valence-corrected chi connectivity index (χ1v) is 9.78. The Morgan fingerprint density at radius 1 is 1.11 bits per heavy atom. The first kappa shape index (κ1) is 17.9. The number of pyridine rings is 1. The number of fused-ring (bicyclic) bond motifs is 1. The fourth-order valence-corrected chi connectivity index (χ4v) is 4.00. The predicted octanol–water partition coefficient (Wildman–Crippen LogP) is 3.89. The SMILES string of the molecule is COc1cccnc1N1CCN(CCC(C)c2c[nH]c3ccccc23)CC1. The summed E-state index contributed by atoms with van der Waals surface area (Å²) in [5.74, 6) is 2.38. The number of piperazine rings is 1. The highest BCUT2D eigenvalue weighted by Gasteiger charge is 2.21. The monoisotopic (exact) mass is 364 g/mol. The summed E-state index contributed by atoms with van der Waals surface area (Å²) in [5.41, 5.74) is 2.67. The molecule has 0 aliphatic carbocycles. The molecule has 142 valence electrons. The number of anilines is 1. The van der Waals surface area contributed by atoms with Crippen molar-refractivity contribution in [3.63, 3.8) is 0 Å². The second kappa shape index (κ2) is 8.01. The van der Waals surface area contributed by atoms with E-state index in [2.05, 4.69) is 57.2 Å². The van der Waals surface area contributed by atoms with E-state index in [4.69, 9.17) is 4.74 Å². The summed E-state index contributed by atoms with van der Waals surface area (Å²) in [6.45, 7) is 7.60. The van der Waals surface area contributed by atoms with E-state index in [9.17, 15) is 0 Å². The topological polar surface area (TPSA) is 44.4 Å². The molecule has 5 nitrogen and oxygen atoms in total. The summed E-state index contributed by atoms with van der Waals surface area (Å²) in [7, 11) is 1.71. The van der Waals surface area contributed by atoms with E-state index in [1.165, 1.54) is 22.9 Å². The summed E-state index contributed by atoms with van der Waals surface area (Å²) in [4.78, 5) is 12.8. The maximum atomic E-state index is 5.46. The molecular formula is C22H28N4O. The lowest BCUT2D eigenvalue weighted by Crippen LogP contribution is -2.47. The lowest BCUT2D eigenvalue weighted by atomic mass is 9.97. The van der Waals surface area contributed by atoms with Gasteiger partial charge in [0.05, 0.1) is 7.11 Å². The Labute approximate surface area is 161 Å². The Balaban J connectivity index is 1.32. The highest BCUT2D eigenvalue weighted by Crippen LogP contribution is 2.28. The lowest BCUT2D eigenvalue weighted by Gasteiger charge is -2.36. The summed E-state index contributed by atoms with van der Waals surface area (Å²) in [6.07, 6.45) is 5.20. The van der Waals surface area contributed by atoms with Gasteiger partial charge in [-0.2, -0.15) is 0 Å². The van der Waals surface area contributed by atoms with Gasteiger partial charge in [0.1, 0.15) is 0 Å². The number of nitrogens with zero attached hydrogens (tertiary/aromatic N) is 3. The number of H-pyrrole nitrogens is 1. The number of hydrogen-bond acceptors (Lipinski definition) is 4. The van der Waals surface area contributed by atoms with Crippen molar-refractivity contribution in [2.45, 2.75) is 19.3 Å². The fourth-order valence-electron chi connectivity index (χ4n) is 4.00. The van der Waals surface area contributed by atoms with Gasteiger partial charge in [0, 0.05) is 49.5 Å². The van der Waals surface area contributed by atoms with Gasteiger partial charge in [-0.05, 0) is 42.6 Å². The van der Waals surface area contributed by atoms with Crippen LogP contribution < -0.4 is 9.64 Å². The molecule has 27 heavy (non-hydrogen) atoms. The standard InChI is InChI=1S/C22H28N4O/c1-17(19-16-24-20-7-4-3-6-18(19)20)9-11-25-12-14-26(15-13-25)22-21(27-2)8-5-10-23-22/h3-8,10,16-17,24H,9,11-15H2,1-2H3. The van der Waals surface area contributed by atoms with Crippen molar-refractivity contribution in [1.82, 2.24) is 14.9 Å². The van der Waals surface area contributed by atoms with E-state index in [1.54, 1.807) is 7.11 Å². The van der Waals surface area contributed by atoms with Crippen LogP contribution in [0.4, 0.5) is 5.82 Å². The van der Waals surface area contributed by atoms with E-state index in [0.29, 0.717) is 5.92 Å². The number of aromatic amines is 1. The van der Waals surface area contributed by atoms with Crippen LogP contribution >= 0.6 is 0 Å². The lowest BCUT2D eigenvalue weighted by molar-refractivity contribution is 0.248. The second-order valence-corrected chi connectivity index (χ2v) is 7.34. The van der Waals surface area contributed by atoms with Crippen LogP contribution in [0.1, 0.15) is 24.8 Å². The Bertz CT molecular complexity index is 883. The minimum atomic E-state index is 0.551. The third kappa shape index (κ3) is 3.78. The summed E-state index contributed by atoms with van der Waals surface area (Å²) in [6, 6.07) is 12.5. The average Bonchev–Trinajstić information content (AvgIpc) is 3.17. The van der Waals surface area contributed by atoms with Crippen molar-refractivity contribution >= 4 is 16.7 Å². The largest absolute Gasteiger partial charge is 0.493 e. The molecule has 1 unspecified atom stereocenters. The Hall–Kier alpha value is -2.53. The van der Waals surface area contributed by atoms with Crippen LogP contribution in [0.3, 0.4) is 0 Å². The van der Waals surface area contributed by atoms with Crippen LogP contribution in [-0.2, 0) is 0 Å². The number of hydrogen-bond donors (Lipinski definition) is 1. The van der Waals surface area contributed by atoms with Crippen molar-refractivity contribution in [2.24, 2.45) is 0 Å². The zero-order chi connectivity index (χ0) is 18.6. The maximum Gasteiger partial charge on any atom is 0.171 e. The molecule has 0 spiro atoms. The number of aromatic nitrogens is 2.